The Balaban J connectivity index is 1.98. The molecule has 2 aromatic rings. The molecule has 1 atom stereocenters. The summed E-state index contributed by atoms with van der Waals surface area (Å²) in [5.41, 5.74) is 4.63. The zero-order valence-corrected chi connectivity index (χ0v) is 18.0. The number of anilines is 2. The van der Waals surface area contributed by atoms with Gasteiger partial charge in [-0.25, -0.2) is 13.8 Å². The van der Waals surface area contributed by atoms with Gasteiger partial charge < -0.3 is 15.5 Å². The van der Waals surface area contributed by atoms with E-state index in [0.717, 1.165) is 29.2 Å². The number of nitrogens with two attached hydrogens (primary N) is 1. The number of halogens is 6. The Morgan fingerprint density at radius 1 is 1.31 bits per heavy atom. The van der Waals surface area contributed by atoms with Gasteiger partial charge in [0.25, 0.3) is 0 Å². The maximum Gasteiger partial charge on any atom is 0.416 e. The first kappa shape index (κ1) is 24.2. The zero-order valence-electron chi connectivity index (χ0n) is 17.2. The summed E-state index contributed by atoms with van der Waals surface area (Å²) in [5, 5.41) is -0.744. The average Bonchev–Trinajstić information content (AvgIpc) is 3.22. The van der Waals surface area contributed by atoms with Gasteiger partial charge in [-0.05, 0) is 57.0 Å². The fourth-order valence-electron chi connectivity index (χ4n) is 3.76. The number of aryl methyl sites for hydroxylation is 1. The average molecular weight is 477 g/mol. The van der Waals surface area contributed by atoms with Gasteiger partial charge in [-0.1, -0.05) is 11.6 Å². The van der Waals surface area contributed by atoms with Gasteiger partial charge in [-0.2, -0.15) is 13.2 Å². The highest BCUT2D eigenvalue weighted by Crippen LogP contribution is 2.35. The first-order valence-corrected chi connectivity index (χ1v) is 10.4. The van der Waals surface area contributed by atoms with Crippen LogP contribution in [0.2, 0.25) is 5.02 Å². The third kappa shape index (κ3) is 4.96. The Morgan fingerprint density at radius 2 is 2.03 bits per heavy atom. The molecule has 174 valence electrons. The molecule has 2 heterocycles. The van der Waals surface area contributed by atoms with Crippen LogP contribution in [0.25, 0.3) is 0 Å². The van der Waals surface area contributed by atoms with Crippen molar-refractivity contribution in [3.05, 3.63) is 52.2 Å². The van der Waals surface area contributed by atoms with Gasteiger partial charge in [0.1, 0.15) is 22.7 Å². The second kappa shape index (κ2) is 9.58. The van der Waals surface area contributed by atoms with Gasteiger partial charge in [-0.3, -0.25) is 4.79 Å². The Morgan fingerprint density at radius 3 is 2.69 bits per heavy atom. The molecule has 11 heteroatoms. The summed E-state index contributed by atoms with van der Waals surface area (Å²) in [6.45, 7) is 1.99. The van der Waals surface area contributed by atoms with Crippen LogP contribution in [-0.2, 0) is 11.0 Å². The summed E-state index contributed by atoms with van der Waals surface area (Å²) in [5.74, 6) is -2.58. The Kier molecular flexibility index (Phi) is 7.24. The predicted octanol–water partition coefficient (Wildman–Crippen LogP) is 4.69. The molecule has 0 saturated carbocycles. The molecule has 1 aliphatic rings. The number of aromatic nitrogens is 1. The normalized spacial score (nSPS) is 16.5. The van der Waals surface area contributed by atoms with Crippen LogP contribution < -0.4 is 15.5 Å². The smallest absolute Gasteiger partial charge is 0.345 e. The summed E-state index contributed by atoms with van der Waals surface area (Å²) in [7, 11) is 0. The number of alkyl halides is 3. The van der Waals surface area contributed by atoms with Gasteiger partial charge in [0, 0.05) is 18.8 Å². The van der Waals surface area contributed by atoms with Gasteiger partial charge in [0.15, 0.2) is 5.82 Å². The van der Waals surface area contributed by atoms with Crippen molar-refractivity contribution >= 4 is 29.0 Å². The van der Waals surface area contributed by atoms with Crippen molar-refractivity contribution in [2.24, 2.45) is 5.73 Å². The van der Waals surface area contributed by atoms with Crippen molar-refractivity contribution < 1.29 is 26.7 Å². The minimum atomic E-state index is -4.57. The van der Waals surface area contributed by atoms with Crippen LogP contribution >= 0.6 is 11.6 Å². The molecule has 32 heavy (non-hydrogen) atoms. The molecule has 2 N–H and O–H groups in total. The zero-order chi connectivity index (χ0) is 23.6. The SMILES string of the molecule is Cc1cc(C(F)(F)F)cc(N2CCC[C@H]2C(=O)N(CCCN)c2ccc(F)c(Cl)c2F)n1. The Hall–Kier alpha value is -2.46. The van der Waals surface area contributed by atoms with Crippen LogP contribution in [0.3, 0.4) is 0 Å². The quantitative estimate of drug-likeness (QED) is 0.485. The highest BCUT2D eigenvalue weighted by atomic mass is 35.5. The molecule has 5 nitrogen and oxygen atoms in total. The van der Waals surface area contributed by atoms with Crippen molar-refractivity contribution in [3.63, 3.8) is 0 Å². The fourth-order valence-corrected chi connectivity index (χ4v) is 3.92. The van der Waals surface area contributed by atoms with E-state index >= 15 is 0 Å². The van der Waals surface area contributed by atoms with Crippen LogP contribution in [-0.4, -0.2) is 36.6 Å². The molecule has 0 spiro atoms. The van der Waals surface area contributed by atoms with E-state index in [2.05, 4.69) is 4.98 Å². The van der Waals surface area contributed by atoms with Crippen molar-refractivity contribution in [2.75, 3.05) is 29.4 Å². The number of carbonyl (C=O) groups excluding carboxylic acids is 1. The third-order valence-electron chi connectivity index (χ3n) is 5.26. The van der Waals surface area contributed by atoms with Gasteiger partial charge in [0.2, 0.25) is 5.91 Å². The van der Waals surface area contributed by atoms with E-state index in [1.165, 1.54) is 11.8 Å². The van der Waals surface area contributed by atoms with Crippen molar-refractivity contribution in [1.82, 2.24) is 4.98 Å². The molecule has 1 fully saturated rings. The van der Waals surface area contributed by atoms with E-state index in [4.69, 9.17) is 17.3 Å². The molecule has 0 radical (unpaired) electrons. The lowest BCUT2D eigenvalue weighted by molar-refractivity contribution is -0.137. The molecule has 1 aromatic carbocycles. The Labute approximate surface area is 187 Å². The number of carbonyl (C=O) groups is 1. The standard InChI is InChI=1S/C21H22ClF5N4O/c1-12-10-13(21(25,26)27)11-17(29-12)30-8-2-4-16(30)20(32)31(9-3-7-28)15-6-5-14(23)18(22)19(15)24/h5-6,10-11,16H,2-4,7-9,28H2,1H3/t16-/m0/s1. The van der Waals surface area contributed by atoms with Gasteiger partial charge >= 0.3 is 6.18 Å². The van der Waals surface area contributed by atoms with Gasteiger partial charge in [-0.15, -0.1) is 0 Å². The van der Waals surface area contributed by atoms with Crippen LogP contribution in [0.1, 0.15) is 30.5 Å². The number of benzene rings is 1. The van der Waals surface area contributed by atoms with E-state index < -0.39 is 40.3 Å². The summed E-state index contributed by atoms with van der Waals surface area (Å²) in [4.78, 5) is 20.2. The molecule has 0 aliphatic carbocycles. The minimum absolute atomic E-state index is 0.0181. The van der Waals surface area contributed by atoms with Crippen LogP contribution in [0.4, 0.5) is 33.5 Å². The second-order valence-corrected chi connectivity index (χ2v) is 7.91. The largest absolute Gasteiger partial charge is 0.416 e. The lowest BCUT2D eigenvalue weighted by atomic mass is 10.1. The Bertz CT molecular complexity index is 1000. The van der Waals surface area contributed by atoms with Gasteiger partial charge in [0.05, 0.1) is 11.3 Å². The highest BCUT2D eigenvalue weighted by molar-refractivity contribution is 6.31. The molecular weight excluding hydrogens is 455 g/mol. The number of pyridine rings is 1. The fraction of sp³-hybridized carbons (Fsp3) is 0.429. The topological polar surface area (TPSA) is 62.5 Å². The maximum atomic E-state index is 14.7. The number of rotatable bonds is 6. The van der Waals surface area contributed by atoms with E-state index in [9.17, 15) is 26.7 Å². The lowest BCUT2D eigenvalue weighted by Gasteiger charge is -2.31. The molecule has 1 amide bonds. The predicted molar refractivity (Wildman–Crippen MR) is 112 cm³/mol. The van der Waals surface area contributed by atoms with Crippen LogP contribution in [0.5, 0.6) is 0 Å². The number of hydrogen-bond donors (Lipinski definition) is 1. The van der Waals surface area contributed by atoms with Crippen molar-refractivity contribution in [2.45, 2.75) is 38.4 Å². The summed E-state index contributed by atoms with van der Waals surface area (Å²) >= 11 is 5.69. The van der Waals surface area contributed by atoms with E-state index in [-0.39, 0.29) is 30.3 Å². The number of hydrogen-bond acceptors (Lipinski definition) is 4. The summed E-state index contributed by atoms with van der Waals surface area (Å²) in [6.07, 6.45) is -3.37. The first-order chi connectivity index (χ1) is 15.0. The molecule has 3 rings (SSSR count). The molecule has 0 unspecified atom stereocenters. The molecule has 1 aromatic heterocycles. The highest BCUT2D eigenvalue weighted by Gasteiger charge is 2.38. The lowest BCUT2D eigenvalue weighted by Crippen LogP contribution is -2.47. The number of nitrogens with zero attached hydrogens (tertiary/aromatic N) is 3. The molecule has 1 aliphatic heterocycles. The van der Waals surface area contributed by atoms with Crippen LogP contribution in [0.15, 0.2) is 24.3 Å². The monoisotopic (exact) mass is 476 g/mol. The molecular formula is C21H22ClF5N4O. The number of amides is 1. The molecule has 0 bridgehead atoms. The second-order valence-electron chi connectivity index (χ2n) is 7.53. The third-order valence-corrected chi connectivity index (χ3v) is 5.60. The summed E-state index contributed by atoms with van der Waals surface area (Å²) < 4.78 is 68.2. The van der Waals surface area contributed by atoms with E-state index in [0.29, 0.717) is 25.8 Å². The summed E-state index contributed by atoms with van der Waals surface area (Å²) in [6, 6.07) is 3.02. The van der Waals surface area contributed by atoms with Crippen LogP contribution in [0, 0.1) is 18.6 Å². The van der Waals surface area contributed by atoms with Crippen molar-refractivity contribution in [1.29, 1.82) is 0 Å². The van der Waals surface area contributed by atoms with Crippen molar-refractivity contribution in [3.8, 4) is 0 Å². The molecule has 1 saturated heterocycles. The minimum Gasteiger partial charge on any atom is -0.345 e. The van der Waals surface area contributed by atoms with E-state index in [1.807, 2.05) is 0 Å². The first-order valence-electron chi connectivity index (χ1n) is 10.0. The van der Waals surface area contributed by atoms with E-state index in [1.54, 1.807) is 0 Å². The maximum absolute atomic E-state index is 14.7.